The maximum Gasteiger partial charge on any atom is 0.320 e. The molecule has 0 aromatic carbocycles. The molecular weight excluding hydrogens is 222 g/mol. The standard InChI is InChI=1S/C11H19N3O3/c1-2-5-8(12)10(15)14-7-4-3-6-9(13)11(16)17/h1,8-9H,3-7,12-13H2,(H,14,15)(H,16,17)/t8-,9-/m0/s1. The highest BCUT2D eigenvalue weighted by molar-refractivity contribution is 5.81. The molecule has 0 aliphatic heterocycles. The van der Waals surface area contributed by atoms with Gasteiger partial charge in [0.25, 0.3) is 0 Å². The molecule has 0 spiro atoms. The molecule has 6 heteroatoms. The van der Waals surface area contributed by atoms with Gasteiger partial charge in [0.2, 0.25) is 5.91 Å². The van der Waals surface area contributed by atoms with Crippen LogP contribution in [0, 0.1) is 12.3 Å². The summed E-state index contributed by atoms with van der Waals surface area (Å²) in [5.74, 6) is 1.01. The second-order valence-electron chi connectivity index (χ2n) is 3.75. The van der Waals surface area contributed by atoms with Crippen molar-refractivity contribution in [2.75, 3.05) is 6.54 Å². The highest BCUT2D eigenvalue weighted by atomic mass is 16.4. The van der Waals surface area contributed by atoms with Crippen LogP contribution in [0.3, 0.4) is 0 Å². The number of carboxylic acids is 1. The molecule has 0 rings (SSSR count). The summed E-state index contributed by atoms with van der Waals surface area (Å²) in [4.78, 5) is 21.7. The van der Waals surface area contributed by atoms with E-state index in [0.717, 1.165) is 0 Å². The van der Waals surface area contributed by atoms with Crippen molar-refractivity contribution < 1.29 is 14.7 Å². The molecule has 0 heterocycles. The molecule has 0 fully saturated rings. The Labute approximate surface area is 101 Å². The fourth-order valence-electron chi connectivity index (χ4n) is 1.18. The SMILES string of the molecule is C#CC[C@H](N)C(=O)NCCCC[C@H](N)C(=O)O. The van der Waals surface area contributed by atoms with Crippen LogP contribution in [0.25, 0.3) is 0 Å². The molecular formula is C11H19N3O3. The summed E-state index contributed by atoms with van der Waals surface area (Å²) < 4.78 is 0. The minimum atomic E-state index is -1.01. The third kappa shape index (κ3) is 7.33. The average molecular weight is 241 g/mol. The smallest absolute Gasteiger partial charge is 0.320 e. The molecule has 0 unspecified atom stereocenters. The normalized spacial score (nSPS) is 13.5. The molecule has 0 aromatic heterocycles. The van der Waals surface area contributed by atoms with Crippen LogP contribution in [-0.4, -0.2) is 35.6 Å². The summed E-state index contributed by atoms with van der Waals surface area (Å²) in [6.07, 6.45) is 6.92. The van der Waals surface area contributed by atoms with Crippen molar-refractivity contribution in [2.24, 2.45) is 11.5 Å². The van der Waals surface area contributed by atoms with E-state index in [1.165, 1.54) is 0 Å². The van der Waals surface area contributed by atoms with Gasteiger partial charge >= 0.3 is 5.97 Å². The van der Waals surface area contributed by atoms with Crippen LogP contribution < -0.4 is 16.8 Å². The van der Waals surface area contributed by atoms with Crippen LogP contribution in [0.2, 0.25) is 0 Å². The molecule has 0 aliphatic carbocycles. The zero-order valence-electron chi connectivity index (χ0n) is 9.69. The number of hydrogen-bond donors (Lipinski definition) is 4. The number of hydrogen-bond acceptors (Lipinski definition) is 4. The first-order chi connectivity index (χ1) is 7.99. The number of nitrogens with one attached hydrogen (secondary N) is 1. The van der Waals surface area contributed by atoms with Gasteiger partial charge < -0.3 is 21.9 Å². The molecule has 0 saturated carbocycles. The fourth-order valence-corrected chi connectivity index (χ4v) is 1.18. The van der Waals surface area contributed by atoms with Crippen molar-refractivity contribution in [3.8, 4) is 12.3 Å². The van der Waals surface area contributed by atoms with E-state index in [1.807, 2.05) is 0 Å². The van der Waals surface area contributed by atoms with Gasteiger partial charge in [-0.2, -0.15) is 0 Å². The lowest BCUT2D eigenvalue weighted by atomic mass is 10.1. The molecule has 0 aliphatic rings. The molecule has 17 heavy (non-hydrogen) atoms. The first kappa shape index (κ1) is 15.4. The third-order valence-corrected chi connectivity index (χ3v) is 2.23. The van der Waals surface area contributed by atoms with Crippen LogP contribution in [0.15, 0.2) is 0 Å². The van der Waals surface area contributed by atoms with Gasteiger partial charge in [-0.25, -0.2) is 0 Å². The summed E-state index contributed by atoms with van der Waals surface area (Å²) in [6, 6.07) is -1.52. The number of terminal acetylenes is 1. The number of carboxylic acid groups (broad SMARTS) is 1. The Balaban J connectivity index is 3.55. The van der Waals surface area contributed by atoms with Crippen LogP contribution >= 0.6 is 0 Å². The Hall–Kier alpha value is -1.58. The first-order valence-electron chi connectivity index (χ1n) is 5.44. The van der Waals surface area contributed by atoms with Crippen LogP contribution in [0.4, 0.5) is 0 Å². The van der Waals surface area contributed by atoms with Crippen molar-refractivity contribution in [2.45, 2.75) is 37.8 Å². The van der Waals surface area contributed by atoms with Crippen molar-refractivity contribution in [1.82, 2.24) is 5.32 Å². The highest BCUT2D eigenvalue weighted by Crippen LogP contribution is 1.98. The fraction of sp³-hybridized carbons (Fsp3) is 0.636. The van der Waals surface area contributed by atoms with E-state index in [4.69, 9.17) is 23.0 Å². The van der Waals surface area contributed by atoms with Gasteiger partial charge in [-0.15, -0.1) is 12.3 Å². The van der Waals surface area contributed by atoms with Gasteiger partial charge in [0, 0.05) is 13.0 Å². The second-order valence-corrected chi connectivity index (χ2v) is 3.75. The largest absolute Gasteiger partial charge is 0.480 e. The van der Waals surface area contributed by atoms with E-state index in [0.29, 0.717) is 25.8 Å². The van der Waals surface area contributed by atoms with Crippen molar-refractivity contribution in [1.29, 1.82) is 0 Å². The number of unbranched alkanes of at least 4 members (excludes halogenated alkanes) is 1. The molecule has 6 nitrogen and oxygen atoms in total. The van der Waals surface area contributed by atoms with Crippen LogP contribution in [0.1, 0.15) is 25.7 Å². The van der Waals surface area contributed by atoms with Gasteiger partial charge in [-0.3, -0.25) is 9.59 Å². The Morgan fingerprint density at radius 3 is 2.47 bits per heavy atom. The van der Waals surface area contributed by atoms with E-state index in [9.17, 15) is 9.59 Å². The zero-order chi connectivity index (χ0) is 13.3. The van der Waals surface area contributed by atoms with Crippen LogP contribution in [-0.2, 0) is 9.59 Å². The number of nitrogens with two attached hydrogens (primary N) is 2. The minimum Gasteiger partial charge on any atom is -0.480 e. The van der Waals surface area contributed by atoms with Gasteiger partial charge in [0.05, 0.1) is 6.04 Å². The maximum absolute atomic E-state index is 11.3. The monoisotopic (exact) mass is 241 g/mol. The molecule has 0 aromatic rings. The number of amides is 1. The molecule has 6 N–H and O–H groups in total. The van der Waals surface area contributed by atoms with Crippen LogP contribution in [0.5, 0.6) is 0 Å². The molecule has 0 saturated heterocycles. The zero-order valence-corrected chi connectivity index (χ0v) is 9.69. The Kier molecular flexibility index (Phi) is 7.76. The summed E-state index contributed by atoms with van der Waals surface area (Å²) in [5, 5.41) is 11.2. The topological polar surface area (TPSA) is 118 Å². The van der Waals surface area contributed by atoms with Gasteiger partial charge in [0.15, 0.2) is 0 Å². The predicted octanol–water partition coefficient (Wildman–Crippen LogP) is -0.965. The number of carbonyl (C=O) groups excluding carboxylic acids is 1. The highest BCUT2D eigenvalue weighted by Gasteiger charge is 2.12. The van der Waals surface area contributed by atoms with E-state index < -0.39 is 18.1 Å². The average Bonchev–Trinajstić information content (AvgIpc) is 2.28. The van der Waals surface area contributed by atoms with Gasteiger partial charge in [-0.1, -0.05) is 0 Å². The van der Waals surface area contributed by atoms with Crippen molar-refractivity contribution >= 4 is 11.9 Å². The molecule has 0 bridgehead atoms. The number of rotatable bonds is 8. The summed E-state index contributed by atoms with van der Waals surface area (Å²) in [5.41, 5.74) is 10.8. The predicted molar refractivity (Wildman–Crippen MR) is 63.9 cm³/mol. The van der Waals surface area contributed by atoms with Gasteiger partial charge in [0.1, 0.15) is 6.04 Å². The van der Waals surface area contributed by atoms with E-state index in [2.05, 4.69) is 11.2 Å². The van der Waals surface area contributed by atoms with Crippen molar-refractivity contribution in [3.05, 3.63) is 0 Å². The quantitative estimate of drug-likeness (QED) is 0.322. The Bertz CT molecular complexity index is 299. The lowest BCUT2D eigenvalue weighted by Gasteiger charge is -2.10. The second kappa shape index (κ2) is 8.56. The third-order valence-electron chi connectivity index (χ3n) is 2.23. The molecule has 2 atom stereocenters. The lowest BCUT2D eigenvalue weighted by molar-refractivity contribution is -0.138. The maximum atomic E-state index is 11.3. The minimum absolute atomic E-state index is 0.204. The summed E-state index contributed by atoms with van der Waals surface area (Å²) >= 11 is 0. The van der Waals surface area contributed by atoms with Crippen molar-refractivity contribution in [3.63, 3.8) is 0 Å². The lowest BCUT2D eigenvalue weighted by Crippen LogP contribution is -2.40. The van der Waals surface area contributed by atoms with E-state index in [1.54, 1.807) is 0 Å². The van der Waals surface area contributed by atoms with E-state index >= 15 is 0 Å². The number of aliphatic carboxylic acids is 1. The Morgan fingerprint density at radius 1 is 1.29 bits per heavy atom. The summed E-state index contributed by atoms with van der Waals surface area (Å²) in [7, 11) is 0. The first-order valence-corrected chi connectivity index (χ1v) is 5.44. The molecule has 96 valence electrons. The van der Waals surface area contributed by atoms with Gasteiger partial charge in [-0.05, 0) is 19.3 Å². The molecule has 1 amide bonds. The Morgan fingerprint density at radius 2 is 1.94 bits per heavy atom. The summed E-state index contributed by atoms with van der Waals surface area (Å²) in [6.45, 7) is 0.448. The molecule has 0 radical (unpaired) electrons. The number of carbonyl (C=O) groups is 2. The van der Waals surface area contributed by atoms with E-state index in [-0.39, 0.29) is 12.3 Å².